The van der Waals surface area contributed by atoms with E-state index in [4.69, 9.17) is 5.26 Å². The average molecular weight is 366 g/mol. The van der Waals surface area contributed by atoms with Crippen LogP contribution in [0, 0.1) is 23.1 Å². The Bertz CT molecular complexity index is 827. The van der Waals surface area contributed by atoms with E-state index >= 15 is 0 Å². The van der Waals surface area contributed by atoms with Gasteiger partial charge in [0, 0.05) is 32.3 Å². The number of halogens is 1. The van der Waals surface area contributed by atoms with Crippen molar-refractivity contribution in [2.75, 3.05) is 18.0 Å². The zero-order valence-electron chi connectivity index (χ0n) is 15.6. The molecule has 140 valence electrons. The van der Waals surface area contributed by atoms with Crippen molar-refractivity contribution < 1.29 is 9.18 Å². The number of aromatic nitrogens is 1. The van der Waals surface area contributed by atoms with E-state index in [0.29, 0.717) is 31.6 Å². The highest BCUT2D eigenvalue weighted by atomic mass is 19.1. The lowest BCUT2D eigenvalue weighted by molar-refractivity contribution is -0.134. The first-order valence-corrected chi connectivity index (χ1v) is 9.13. The number of carbonyl (C=O) groups is 1. The van der Waals surface area contributed by atoms with Crippen molar-refractivity contribution in [3.8, 4) is 6.07 Å². The van der Waals surface area contributed by atoms with Crippen molar-refractivity contribution in [3.63, 3.8) is 0 Å². The van der Waals surface area contributed by atoms with Crippen molar-refractivity contribution in [2.45, 2.75) is 32.9 Å². The van der Waals surface area contributed by atoms with Gasteiger partial charge in [0.2, 0.25) is 5.91 Å². The highest BCUT2D eigenvalue weighted by molar-refractivity contribution is 5.78. The molecule has 0 unspecified atom stereocenters. The zero-order chi connectivity index (χ0) is 19.4. The monoisotopic (exact) mass is 366 g/mol. The summed E-state index contributed by atoms with van der Waals surface area (Å²) in [6, 6.07) is 12.0. The van der Waals surface area contributed by atoms with Gasteiger partial charge in [-0.15, -0.1) is 0 Å². The Morgan fingerprint density at radius 2 is 2.00 bits per heavy atom. The van der Waals surface area contributed by atoms with Gasteiger partial charge >= 0.3 is 0 Å². The minimum absolute atomic E-state index is 0.0162. The molecule has 0 bridgehead atoms. The summed E-state index contributed by atoms with van der Waals surface area (Å²) >= 11 is 0. The molecule has 0 aliphatic carbocycles. The molecule has 2 heterocycles. The molecular formula is C21H23FN4O. The van der Waals surface area contributed by atoms with Gasteiger partial charge in [-0.3, -0.25) is 4.79 Å². The number of hydrogen-bond donors (Lipinski definition) is 0. The standard InChI is InChI=1S/C21H23FN4O/c1-15(2)19-14-25(20-8-5-17(11-23)12-24-20)10-9-21(27)26(19)13-16-3-6-18(22)7-4-16/h3-8,12,15,19H,9-10,13-14H2,1-2H3/t19-/m0/s1. The lowest BCUT2D eigenvalue weighted by atomic mass is 10.0. The number of rotatable bonds is 4. The van der Waals surface area contributed by atoms with Crippen molar-refractivity contribution in [3.05, 3.63) is 59.5 Å². The number of nitrogens with zero attached hydrogens (tertiary/aromatic N) is 4. The first kappa shape index (κ1) is 18.8. The summed E-state index contributed by atoms with van der Waals surface area (Å²) in [5.74, 6) is 0.845. The quantitative estimate of drug-likeness (QED) is 0.833. The van der Waals surface area contributed by atoms with Gasteiger partial charge < -0.3 is 9.80 Å². The van der Waals surface area contributed by atoms with Gasteiger partial charge in [-0.05, 0) is 35.7 Å². The Kier molecular flexibility index (Phi) is 5.70. The average Bonchev–Trinajstić information content (AvgIpc) is 2.83. The third-order valence-electron chi connectivity index (χ3n) is 4.96. The van der Waals surface area contributed by atoms with Gasteiger partial charge in [0.15, 0.2) is 0 Å². The van der Waals surface area contributed by atoms with E-state index in [1.165, 1.54) is 12.1 Å². The second-order valence-corrected chi connectivity index (χ2v) is 7.17. The summed E-state index contributed by atoms with van der Waals surface area (Å²) in [6.45, 7) is 5.93. The van der Waals surface area contributed by atoms with E-state index in [2.05, 4.69) is 29.8 Å². The maximum absolute atomic E-state index is 13.2. The molecule has 0 N–H and O–H groups in total. The Morgan fingerprint density at radius 1 is 1.26 bits per heavy atom. The summed E-state index contributed by atoms with van der Waals surface area (Å²) in [4.78, 5) is 21.2. The van der Waals surface area contributed by atoms with Crippen LogP contribution in [0.15, 0.2) is 42.6 Å². The molecule has 1 aliphatic heterocycles. The highest BCUT2D eigenvalue weighted by Crippen LogP contribution is 2.24. The third kappa shape index (κ3) is 4.43. The van der Waals surface area contributed by atoms with E-state index in [9.17, 15) is 9.18 Å². The molecule has 27 heavy (non-hydrogen) atoms. The van der Waals surface area contributed by atoms with Crippen LogP contribution >= 0.6 is 0 Å². The molecule has 2 aromatic rings. The molecule has 1 amide bonds. The molecule has 1 aromatic carbocycles. The number of carbonyl (C=O) groups excluding carboxylic acids is 1. The highest BCUT2D eigenvalue weighted by Gasteiger charge is 2.32. The molecule has 6 heteroatoms. The Hall–Kier alpha value is -2.94. The molecular weight excluding hydrogens is 343 g/mol. The van der Waals surface area contributed by atoms with Crippen LogP contribution < -0.4 is 4.90 Å². The lowest BCUT2D eigenvalue weighted by Gasteiger charge is -2.35. The fraction of sp³-hybridized carbons (Fsp3) is 0.381. The molecule has 1 aliphatic rings. The van der Waals surface area contributed by atoms with Crippen LogP contribution in [0.5, 0.6) is 0 Å². The smallest absolute Gasteiger partial charge is 0.224 e. The van der Waals surface area contributed by atoms with Gasteiger partial charge in [-0.25, -0.2) is 9.37 Å². The lowest BCUT2D eigenvalue weighted by Crippen LogP contribution is -2.46. The van der Waals surface area contributed by atoms with Crippen LogP contribution in [0.3, 0.4) is 0 Å². The number of hydrogen-bond acceptors (Lipinski definition) is 4. The van der Waals surface area contributed by atoms with Gasteiger partial charge in [0.25, 0.3) is 0 Å². The number of amides is 1. The van der Waals surface area contributed by atoms with E-state index < -0.39 is 0 Å². The fourth-order valence-corrected chi connectivity index (χ4v) is 3.38. The van der Waals surface area contributed by atoms with Gasteiger partial charge in [-0.2, -0.15) is 5.26 Å². The third-order valence-corrected chi connectivity index (χ3v) is 4.96. The predicted octanol–water partition coefficient (Wildman–Crippen LogP) is 3.36. The van der Waals surface area contributed by atoms with Crippen molar-refractivity contribution in [1.82, 2.24) is 9.88 Å². The number of benzene rings is 1. The minimum atomic E-state index is -0.278. The van der Waals surface area contributed by atoms with Crippen molar-refractivity contribution in [2.24, 2.45) is 5.92 Å². The van der Waals surface area contributed by atoms with Gasteiger partial charge in [-0.1, -0.05) is 26.0 Å². The summed E-state index contributed by atoms with van der Waals surface area (Å²) in [5.41, 5.74) is 1.43. The van der Waals surface area contributed by atoms with Crippen LogP contribution in [0.2, 0.25) is 0 Å². The summed E-state index contributed by atoms with van der Waals surface area (Å²) in [5, 5.41) is 8.95. The summed E-state index contributed by atoms with van der Waals surface area (Å²) in [6.07, 6.45) is 1.95. The summed E-state index contributed by atoms with van der Waals surface area (Å²) < 4.78 is 13.2. The van der Waals surface area contributed by atoms with Crippen LogP contribution in [-0.2, 0) is 11.3 Å². The molecule has 1 atom stereocenters. The van der Waals surface area contributed by atoms with E-state index in [1.54, 1.807) is 24.4 Å². The maximum atomic E-state index is 13.2. The van der Waals surface area contributed by atoms with E-state index in [0.717, 1.165) is 11.4 Å². The first-order chi connectivity index (χ1) is 13.0. The van der Waals surface area contributed by atoms with Crippen LogP contribution in [0.25, 0.3) is 0 Å². The molecule has 1 fully saturated rings. The van der Waals surface area contributed by atoms with Crippen molar-refractivity contribution >= 4 is 11.7 Å². The molecule has 3 rings (SSSR count). The van der Waals surface area contributed by atoms with Crippen LogP contribution in [-0.4, -0.2) is 34.9 Å². The van der Waals surface area contributed by atoms with E-state index in [1.807, 2.05) is 11.0 Å². The molecule has 0 saturated carbocycles. The predicted molar refractivity (Wildman–Crippen MR) is 101 cm³/mol. The van der Waals surface area contributed by atoms with E-state index in [-0.39, 0.29) is 23.7 Å². The second kappa shape index (κ2) is 8.17. The SMILES string of the molecule is CC(C)[C@@H]1CN(c2ccc(C#N)cn2)CCC(=O)N1Cc1ccc(F)cc1. The Labute approximate surface area is 159 Å². The molecule has 5 nitrogen and oxygen atoms in total. The Balaban J connectivity index is 1.83. The van der Waals surface area contributed by atoms with Crippen molar-refractivity contribution in [1.29, 1.82) is 5.26 Å². The molecule has 0 radical (unpaired) electrons. The van der Waals surface area contributed by atoms with Crippen LogP contribution in [0.1, 0.15) is 31.4 Å². The van der Waals surface area contributed by atoms with Gasteiger partial charge in [0.05, 0.1) is 11.6 Å². The largest absolute Gasteiger partial charge is 0.354 e. The fourth-order valence-electron chi connectivity index (χ4n) is 3.38. The second-order valence-electron chi connectivity index (χ2n) is 7.17. The van der Waals surface area contributed by atoms with Gasteiger partial charge in [0.1, 0.15) is 17.7 Å². The topological polar surface area (TPSA) is 60.2 Å². The molecule has 1 saturated heterocycles. The zero-order valence-corrected chi connectivity index (χ0v) is 15.6. The van der Waals surface area contributed by atoms with Crippen LogP contribution in [0.4, 0.5) is 10.2 Å². The first-order valence-electron chi connectivity index (χ1n) is 9.13. The number of pyridine rings is 1. The Morgan fingerprint density at radius 3 is 2.59 bits per heavy atom. The molecule has 0 spiro atoms. The maximum Gasteiger partial charge on any atom is 0.224 e. The normalized spacial score (nSPS) is 17.7. The number of nitriles is 1. The summed E-state index contributed by atoms with van der Waals surface area (Å²) in [7, 11) is 0. The molecule has 1 aromatic heterocycles. The minimum Gasteiger partial charge on any atom is -0.354 e. The number of anilines is 1.